The predicted molar refractivity (Wildman–Crippen MR) is 54.6 cm³/mol. The van der Waals surface area contributed by atoms with E-state index in [1.165, 1.54) is 4.90 Å². The van der Waals surface area contributed by atoms with Gasteiger partial charge in [0.25, 0.3) is 0 Å². The van der Waals surface area contributed by atoms with Gasteiger partial charge in [0, 0.05) is 7.05 Å². The fourth-order valence-corrected chi connectivity index (χ4v) is 1.30. The van der Waals surface area contributed by atoms with Crippen LogP contribution < -0.4 is 0 Å². The summed E-state index contributed by atoms with van der Waals surface area (Å²) in [7, 11) is 1.67. The van der Waals surface area contributed by atoms with Gasteiger partial charge in [-0.05, 0) is 18.6 Å². The molecule has 1 unspecified atom stereocenters. The van der Waals surface area contributed by atoms with Gasteiger partial charge in [-0.1, -0.05) is 6.92 Å². The van der Waals surface area contributed by atoms with Crippen molar-refractivity contribution in [1.29, 1.82) is 5.26 Å². The number of furan rings is 1. The SMILES string of the molecule is CCC(C#N)C(=O)N(C)Cc1ccco1. The second-order valence-electron chi connectivity index (χ2n) is 3.36. The third-order valence-electron chi connectivity index (χ3n) is 2.21. The van der Waals surface area contributed by atoms with Crippen molar-refractivity contribution < 1.29 is 9.21 Å². The normalized spacial score (nSPS) is 11.8. The number of hydrogen-bond donors (Lipinski definition) is 0. The minimum Gasteiger partial charge on any atom is -0.467 e. The molecule has 1 heterocycles. The molecule has 1 atom stereocenters. The molecule has 15 heavy (non-hydrogen) atoms. The molecule has 0 fully saturated rings. The van der Waals surface area contributed by atoms with E-state index in [2.05, 4.69) is 0 Å². The summed E-state index contributed by atoms with van der Waals surface area (Å²) in [6.07, 6.45) is 2.10. The third kappa shape index (κ3) is 2.84. The van der Waals surface area contributed by atoms with Crippen molar-refractivity contribution in [1.82, 2.24) is 4.90 Å². The number of hydrogen-bond acceptors (Lipinski definition) is 3. The van der Waals surface area contributed by atoms with Crippen LogP contribution in [0.5, 0.6) is 0 Å². The van der Waals surface area contributed by atoms with Crippen molar-refractivity contribution in [2.75, 3.05) is 7.05 Å². The zero-order valence-electron chi connectivity index (χ0n) is 8.93. The van der Waals surface area contributed by atoms with Crippen LogP contribution in [0.3, 0.4) is 0 Å². The molecule has 0 spiro atoms. The van der Waals surface area contributed by atoms with E-state index in [0.29, 0.717) is 13.0 Å². The van der Waals surface area contributed by atoms with Crippen LogP contribution in [0.15, 0.2) is 22.8 Å². The molecule has 1 rings (SSSR count). The molecule has 0 aliphatic carbocycles. The average molecular weight is 206 g/mol. The van der Waals surface area contributed by atoms with Crippen LogP contribution in [0.1, 0.15) is 19.1 Å². The number of nitrogens with zero attached hydrogens (tertiary/aromatic N) is 2. The Balaban J connectivity index is 2.57. The number of rotatable bonds is 4. The maximum atomic E-state index is 11.7. The monoisotopic (exact) mass is 206 g/mol. The molecule has 0 aromatic carbocycles. The average Bonchev–Trinajstić information content (AvgIpc) is 2.72. The van der Waals surface area contributed by atoms with Crippen molar-refractivity contribution in [3.05, 3.63) is 24.2 Å². The van der Waals surface area contributed by atoms with E-state index in [-0.39, 0.29) is 5.91 Å². The highest BCUT2D eigenvalue weighted by molar-refractivity contribution is 5.80. The highest BCUT2D eigenvalue weighted by Crippen LogP contribution is 2.09. The predicted octanol–water partition coefficient (Wildman–Crippen LogP) is 1.79. The lowest BCUT2D eigenvalue weighted by Gasteiger charge is -2.17. The molecule has 0 radical (unpaired) electrons. The van der Waals surface area contributed by atoms with Crippen molar-refractivity contribution in [2.24, 2.45) is 5.92 Å². The Bertz CT molecular complexity index is 351. The van der Waals surface area contributed by atoms with Crippen LogP contribution in [0.2, 0.25) is 0 Å². The van der Waals surface area contributed by atoms with E-state index in [1.54, 1.807) is 25.4 Å². The first-order chi connectivity index (χ1) is 7.19. The lowest BCUT2D eigenvalue weighted by atomic mass is 10.1. The van der Waals surface area contributed by atoms with Crippen molar-refractivity contribution in [3.8, 4) is 6.07 Å². The van der Waals surface area contributed by atoms with E-state index in [0.717, 1.165) is 5.76 Å². The molecule has 0 saturated heterocycles. The van der Waals surface area contributed by atoms with Gasteiger partial charge in [0.05, 0.1) is 18.9 Å². The number of amides is 1. The molecule has 1 aromatic rings. The first-order valence-electron chi connectivity index (χ1n) is 4.86. The van der Waals surface area contributed by atoms with Crippen molar-refractivity contribution in [3.63, 3.8) is 0 Å². The van der Waals surface area contributed by atoms with E-state index >= 15 is 0 Å². The zero-order chi connectivity index (χ0) is 11.3. The third-order valence-corrected chi connectivity index (χ3v) is 2.21. The van der Waals surface area contributed by atoms with Gasteiger partial charge in [-0.25, -0.2) is 0 Å². The molecule has 0 N–H and O–H groups in total. The van der Waals surface area contributed by atoms with Crippen LogP contribution in [-0.4, -0.2) is 17.9 Å². The van der Waals surface area contributed by atoms with Crippen LogP contribution in [0.25, 0.3) is 0 Å². The van der Waals surface area contributed by atoms with Gasteiger partial charge < -0.3 is 9.32 Å². The van der Waals surface area contributed by atoms with Gasteiger partial charge in [-0.2, -0.15) is 5.26 Å². The minimum atomic E-state index is -0.551. The lowest BCUT2D eigenvalue weighted by molar-refractivity contribution is -0.133. The Morgan fingerprint density at radius 3 is 2.93 bits per heavy atom. The summed E-state index contributed by atoms with van der Waals surface area (Å²) in [6, 6.07) is 5.57. The van der Waals surface area contributed by atoms with Crippen LogP contribution in [0, 0.1) is 17.2 Å². The molecule has 0 aliphatic heterocycles. The molecule has 4 nitrogen and oxygen atoms in total. The van der Waals surface area contributed by atoms with Gasteiger partial charge in [0.1, 0.15) is 11.7 Å². The number of carbonyl (C=O) groups excluding carboxylic acids is 1. The standard InChI is InChI=1S/C11H14N2O2/c1-3-9(7-12)11(14)13(2)8-10-5-4-6-15-10/h4-6,9H,3,8H2,1-2H3. The van der Waals surface area contributed by atoms with Crippen LogP contribution in [-0.2, 0) is 11.3 Å². The molecule has 1 amide bonds. The van der Waals surface area contributed by atoms with Gasteiger partial charge in [-0.3, -0.25) is 4.79 Å². The molecule has 0 aliphatic rings. The Morgan fingerprint density at radius 2 is 2.47 bits per heavy atom. The van der Waals surface area contributed by atoms with E-state index < -0.39 is 5.92 Å². The quantitative estimate of drug-likeness (QED) is 0.754. The molecule has 80 valence electrons. The van der Waals surface area contributed by atoms with E-state index in [9.17, 15) is 4.79 Å². The fourth-order valence-electron chi connectivity index (χ4n) is 1.30. The molecule has 0 bridgehead atoms. The fraction of sp³-hybridized carbons (Fsp3) is 0.455. The lowest BCUT2D eigenvalue weighted by Crippen LogP contribution is -2.31. The first kappa shape index (κ1) is 11.3. The van der Waals surface area contributed by atoms with Gasteiger partial charge in [0.15, 0.2) is 0 Å². The molecular formula is C11H14N2O2. The topological polar surface area (TPSA) is 57.2 Å². The Morgan fingerprint density at radius 1 is 1.73 bits per heavy atom. The maximum Gasteiger partial charge on any atom is 0.240 e. The van der Waals surface area contributed by atoms with Gasteiger partial charge in [0.2, 0.25) is 5.91 Å². The summed E-state index contributed by atoms with van der Waals surface area (Å²) in [5.74, 6) is 0.0139. The highest BCUT2D eigenvalue weighted by Gasteiger charge is 2.20. The van der Waals surface area contributed by atoms with Crippen molar-refractivity contribution >= 4 is 5.91 Å². The summed E-state index contributed by atoms with van der Waals surface area (Å²) in [5, 5.41) is 8.75. The minimum absolute atomic E-state index is 0.156. The second-order valence-corrected chi connectivity index (χ2v) is 3.36. The highest BCUT2D eigenvalue weighted by atomic mass is 16.3. The van der Waals surface area contributed by atoms with Crippen LogP contribution in [0.4, 0.5) is 0 Å². The van der Waals surface area contributed by atoms with Gasteiger partial charge >= 0.3 is 0 Å². The summed E-state index contributed by atoms with van der Waals surface area (Å²) < 4.78 is 5.12. The molecule has 0 saturated carbocycles. The first-order valence-corrected chi connectivity index (χ1v) is 4.86. The maximum absolute atomic E-state index is 11.7. The second kappa shape index (κ2) is 5.20. The summed E-state index contributed by atoms with van der Waals surface area (Å²) in [6.45, 7) is 2.23. The molecule has 1 aromatic heterocycles. The number of nitriles is 1. The summed E-state index contributed by atoms with van der Waals surface area (Å²) in [5.41, 5.74) is 0. The van der Waals surface area contributed by atoms with Crippen LogP contribution >= 0.6 is 0 Å². The van der Waals surface area contributed by atoms with E-state index in [1.807, 2.05) is 13.0 Å². The Labute approximate surface area is 89.1 Å². The largest absolute Gasteiger partial charge is 0.467 e. The number of carbonyl (C=O) groups is 1. The molecular weight excluding hydrogens is 192 g/mol. The molecule has 4 heteroatoms. The smallest absolute Gasteiger partial charge is 0.240 e. The summed E-state index contributed by atoms with van der Waals surface area (Å²) in [4.78, 5) is 13.2. The Hall–Kier alpha value is -1.76. The zero-order valence-corrected chi connectivity index (χ0v) is 8.93. The van der Waals surface area contributed by atoms with Gasteiger partial charge in [-0.15, -0.1) is 0 Å². The van der Waals surface area contributed by atoms with Crippen molar-refractivity contribution in [2.45, 2.75) is 19.9 Å². The Kier molecular flexibility index (Phi) is 3.92. The summed E-state index contributed by atoms with van der Waals surface area (Å²) >= 11 is 0. The van der Waals surface area contributed by atoms with E-state index in [4.69, 9.17) is 9.68 Å².